The fraction of sp³-hybridized carbons (Fsp3) is 0.105. The third-order valence-electron chi connectivity index (χ3n) is 3.23. The van der Waals surface area contributed by atoms with Gasteiger partial charge in [0.2, 0.25) is 5.91 Å². The molecule has 0 radical (unpaired) electrons. The second-order valence-electron chi connectivity index (χ2n) is 5.22. The Bertz CT molecular complexity index is 805. The van der Waals surface area contributed by atoms with Crippen LogP contribution in [0.25, 0.3) is 0 Å². The highest BCUT2D eigenvalue weighted by Gasteiger charge is 2.13. The van der Waals surface area contributed by atoms with Crippen LogP contribution in [-0.2, 0) is 16.0 Å². The van der Waals surface area contributed by atoms with Crippen molar-refractivity contribution in [3.05, 3.63) is 77.5 Å². The van der Waals surface area contributed by atoms with Gasteiger partial charge in [0.15, 0.2) is 0 Å². The summed E-state index contributed by atoms with van der Waals surface area (Å²) in [6, 6.07) is 18.4. The van der Waals surface area contributed by atoms with Crippen molar-refractivity contribution in [1.29, 1.82) is 5.26 Å². The summed E-state index contributed by atoms with van der Waals surface area (Å²) in [7, 11) is 0. The monoisotopic (exact) mass is 319 g/mol. The van der Waals surface area contributed by atoms with Crippen LogP contribution in [0, 0.1) is 18.3 Å². The van der Waals surface area contributed by atoms with Crippen LogP contribution in [0.1, 0.15) is 11.1 Å². The van der Waals surface area contributed by atoms with Gasteiger partial charge < -0.3 is 5.32 Å². The van der Waals surface area contributed by atoms with Gasteiger partial charge in [0, 0.05) is 11.9 Å². The van der Waals surface area contributed by atoms with E-state index in [1.807, 2.05) is 49.4 Å². The number of imide groups is 1. The molecular weight excluding hydrogens is 302 g/mol. The SMILES string of the molecule is Cc1cccc(N/C=C(\C#N)C(=O)NC(=O)Cc2ccccc2)c1. The molecule has 0 aliphatic heterocycles. The van der Waals surface area contributed by atoms with Gasteiger partial charge in [-0.15, -0.1) is 0 Å². The number of carbonyl (C=O) groups excluding carboxylic acids is 2. The Kier molecular flexibility index (Phi) is 5.87. The first kappa shape index (κ1) is 17.0. The third kappa shape index (κ3) is 5.11. The summed E-state index contributed by atoms with van der Waals surface area (Å²) in [6.07, 6.45) is 1.37. The van der Waals surface area contributed by atoms with Gasteiger partial charge in [-0.25, -0.2) is 0 Å². The lowest BCUT2D eigenvalue weighted by molar-refractivity contribution is -0.127. The maximum atomic E-state index is 12.0. The standard InChI is InChI=1S/C19H17N3O2/c1-14-6-5-9-17(10-14)21-13-16(12-20)19(24)22-18(23)11-15-7-3-2-4-8-15/h2-10,13,21H,11H2,1H3,(H,22,23,24)/b16-13+. The van der Waals surface area contributed by atoms with Crippen molar-refractivity contribution in [3.8, 4) is 6.07 Å². The zero-order valence-corrected chi connectivity index (χ0v) is 13.2. The number of benzene rings is 2. The van der Waals surface area contributed by atoms with E-state index in [0.717, 1.165) is 16.8 Å². The minimum absolute atomic E-state index is 0.0800. The van der Waals surface area contributed by atoms with E-state index in [0.29, 0.717) is 0 Å². The Morgan fingerprint density at radius 2 is 1.88 bits per heavy atom. The first-order valence-corrected chi connectivity index (χ1v) is 7.40. The highest BCUT2D eigenvalue weighted by Crippen LogP contribution is 2.10. The molecule has 24 heavy (non-hydrogen) atoms. The molecule has 0 aromatic heterocycles. The molecule has 0 heterocycles. The number of nitriles is 1. The lowest BCUT2D eigenvalue weighted by atomic mass is 10.1. The number of anilines is 1. The first-order valence-electron chi connectivity index (χ1n) is 7.40. The molecule has 2 N–H and O–H groups in total. The van der Waals surface area contributed by atoms with Crippen LogP contribution < -0.4 is 10.6 Å². The lowest BCUT2D eigenvalue weighted by Crippen LogP contribution is -2.32. The molecule has 2 amide bonds. The van der Waals surface area contributed by atoms with E-state index in [4.69, 9.17) is 5.26 Å². The van der Waals surface area contributed by atoms with Gasteiger partial charge in [-0.05, 0) is 30.2 Å². The number of amides is 2. The summed E-state index contributed by atoms with van der Waals surface area (Å²) < 4.78 is 0. The Morgan fingerprint density at radius 3 is 2.54 bits per heavy atom. The summed E-state index contributed by atoms with van der Waals surface area (Å²) in [5, 5.41) is 14.2. The van der Waals surface area contributed by atoms with Crippen molar-refractivity contribution in [2.45, 2.75) is 13.3 Å². The van der Waals surface area contributed by atoms with Gasteiger partial charge in [0.25, 0.3) is 5.91 Å². The molecule has 0 aliphatic rings. The van der Waals surface area contributed by atoms with E-state index in [-0.39, 0.29) is 12.0 Å². The second kappa shape index (κ2) is 8.30. The van der Waals surface area contributed by atoms with E-state index in [9.17, 15) is 9.59 Å². The normalized spacial score (nSPS) is 10.6. The highest BCUT2D eigenvalue weighted by atomic mass is 16.2. The van der Waals surface area contributed by atoms with Gasteiger partial charge in [-0.3, -0.25) is 14.9 Å². The second-order valence-corrected chi connectivity index (χ2v) is 5.22. The molecule has 0 atom stereocenters. The average molecular weight is 319 g/mol. The zero-order chi connectivity index (χ0) is 17.4. The Labute approximate surface area is 140 Å². The zero-order valence-electron chi connectivity index (χ0n) is 13.2. The quantitative estimate of drug-likeness (QED) is 0.656. The highest BCUT2D eigenvalue weighted by molar-refractivity contribution is 6.07. The van der Waals surface area contributed by atoms with Crippen molar-refractivity contribution >= 4 is 17.5 Å². The van der Waals surface area contributed by atoms with Crippen molar-refractivity contribution < 1.29 is 9.59 Å². The molecule has 5 nitrogen and oxygen atoms in total. The number of hydrogen-bond donors (Lipinski definition) is 2. The molecule has 2 rings (SSSR count). The van der Waals surface area contributed by atoms with Gasteiger partial charge in [-0.2, -0.15) is 5.26 Å². The van der Waals surface area contributed by atoms with Gasteiger partial charge >= 0.3 is 0 Å². The van der Waals surface area contributed by atoms with Crippen LogP contribution in [0.2, 0.25) is 0 Å². The third-order valence-corrected chi connectivity index (χ3v) is 3.23. The van der Waals surface area contributed by atoms with E-state index in [2.05, 4.69) is 10.6 Å². The minimum Gasteiger partial charge on any atom is -0.360 e. The van der Waals surface area contributed by atoms with Crippen LogP contribution >= 0.6 is 0 Å². The van der Waals surface area contributed by atoms with Crippen LogP contribution in [0.15, 0.2) is 66.4 Å². The Morgan fingerprint density at radius 1 is 1.12 bits per heavy atom. The summed E-state index contributed by atoms with van der Waals surface area (Å²) in [4.78, 5) is 23.9. The summed E-state index contributed by atoms with van der Waals surface area (Å²) in [5.74, 6) is -1.18. The smallest absolute Gasteiger partial charge is 0.270 e. The van der Waals surface area contributed by atoms with E-state index < -0.39 is 11.8 Å². The summed E-state index contributed by atoms with van der Waals surface area (Å²) >= 11 is 0. The van der Waals surface area contributed by atoms with Gasteiger partial charge in [0.1, 0.15) is 11.6 Å². The predicted molar refractivity (Wildman–Crippen MR) is 91.8 cm³/mol. The molecule has 0 bridgehead atoms. The Hall–Kier alpha value is -3.39. The Balaban J connectivity index is 1.97. The number of hydrogen-bond acceptors (Lipinski definition) is 4. The summed E-state index contributed by atoms with van der Waals surface area (Å²) in [6.45, 7) is 1.94. The predicted octanol–water partition coefficient (Wildman–Crippen LogP) is 2.70. The fourth-order valence-corrected chi connectivity index (χ4v) is 2.06. The molecule has 2 aromatic rings. The van der Waals surface area contributed by atoms with Crippen LogP contribution in [-0.4, -0.2) is 11.8 Å². The first-order chi connectivity index (χ1) is 11.6. The summed E-state index contributed by atoms with van der Waals surface area (Å²) in [5.41, 5.74) is 2.43. The fourth-order valence-electron chi connectivity index (χ4n) is 2.06. The van der Waals surface area contributed by atoms with Crippen molar-refractivity contribution in [1.82, 2.24) is 5.32 Å². The molecule has 120 valence electrons. The van der Waals surface area contributed by atoms with E-state index in [1.165, 1.54) is 6.20 Å². The lowest BCUT2D eigenvalue weighted by Gasteiger charge is -2.05. The van der Waals surface area contributed by atoms with E-state index in [1.54, 1.807) is 18.2 Å². The number of nitrogens with one attached hydrogen (secondary N) is 2. The number of carbonyl (C=O) groups is 2. The molecular formula is C19H17N3O2. The van der Waals surface area contributed by atoms with Crippen molar-refractivity contribution in [2.75, 3.05) is 5.32 Å². The van der Waals surface area contributed by atoms with E-state index >= 15 is 0 Å². The maximum Gasteiger partial charge on any atom is 0.270 e. The number of rotatable bonds is 5. The minimum atomic E-state index is -0.724. The molecule has 0 unspecified atom stereocenters. The van der Waals surface area contributed by atoms with Crippen LogP contribution in [0.4, 0.5) is 5.69 Å². The maximum absolute atomic E-state index is 12.0. The molecule has 5 heteroatoms. The molecule has 0 saturated heterocycles. The van der Waals surface area contributed by atoms with Crippen molar-refractivity contribution in [3.63, 3.8) is 0 Å². The number of aryl methyl sites for hydroxylation is 1. The molecule has 0 fully saturated rings. The van der Waals surface area contributed by atoms with Crippen LogP contribution in [0.5, 0.6) is 0 Å². The molecule has 0 saturated carbocycles. The van der Waals surface area contributed by atoms with Crippen LogP contribution in [0.3, 0.4) is 0 Å². The van der Waals surface area contributed by atoms with Crippen molar-refractivity contribution in [2.24, 2.45) is 0 Å². The molecule has 0 aliphatic carbocycles. The van der Waals surface area contributed by atoms with Gasteiger partial charge in [0.05, 0.1) is 6.42 Å². The van der Waals surface area contributed by atoms with Gasteiger partial charge in [-0.1, -0.05) is 42.5 Å². The average Bonchev–Trinajstić information content (AvgIpc) is 2.56. The molecule has 2 aromatic carbocycles. The topological polar surface area (TPSA) is 82.0 Å². The number of nitrogens with zero attached hydrogens (tertiary/aromatic N) is 1. The molecule has 0 spiro atoms. The largest absolute Gasteiger partial charge is 0.360 e.